The van der Waals surface area contributed by atoms with E-state index < -0.39 is 23.7 Å². The van der Waals surface area contributed by atoms with Gasteiger partial charge in [-0.2, -0.15) is 0 Å². The largest absolute Gasteiger partial charge is 0.335 e. The average Bonchev–Trinajstić information content (AvgIpc) is 3.92. The summed E-state index contributed by atoms with van der Waals surface area (Å²) in [5.74, 6) is -1.72. The van der Waals surface area contributed by atoms with E-state index in [-0.39, 0.29) is 46.1 Å². The van der Waals surface area contributed by atoms with Gasteiger partial charge in [0.1, 0.15) is 5.82 Å². The summed E-state index contributed by atoms with van der Waals surface area (Å²) in [6, 6.07) is 34.1. The molecule has 1 aromatic heterocycles. The third-order valence-electron chi connectivity index (χ3n) is 16.6. The number of halogens is 1. The zero-order valence-corrected chi connectivity index (χ0v) is 46.3. The Morgan fingerprint density at radius 1 is 0.592 bits per heavy atom. The fourth-order valence-corrected chi connectivity index (χ4v) is 12.3. The van der Waals surface area contributed by atoms with E-state index >= 15 is 4.39 Å². The van der Waals surface area contributed by atoms with Crippen LogP contribution >= 0.6 is 0 Å². The molecule has 2 aliphatic heterocycles. The van der Waals surface area contributed by atoms with Crippen LogP contribution in [0.15, 0.2) is 122 Å². The summed E-state index contributed by atoms with van der Waals surface area (Å²) in [7, 11) is 0. The van der Waals surface area contributed by atoms with Gasteiger partial charge in [0.2, 0.25) is 11.8 Å². The Bertz CT molecular complexity index is 3100. The predicted molar refractivity (Wildman–Crippen MR) is 305 cm³/mol. The van der Waals surface area contributed by atoms with Crippen molar-refractivity contribution in [3.05, 3.63) is 172 Å². The van der Waals surface area contributed by atoms with Gasteiger partial charge < -0.3 is 25.0 Å². The Morgan fingerprint density at radius 3 is 1.99 bits per heavy atom. The summed E-state index contributed by atoms with van der Waals surface area (Å²) >= 11 is 0. The summed E-state index contributed by atoms with van der Waals surface area (Å²) in [5, 5.41) is 6.60. The molecule has 1 aliphatic carbocycles. The quantitative estimate of drug-likeness (QED) is 0.135. The van der Waals surface area contributed by atoms with Crippen molar-refractivity contribution in [1.82, 2.24) is 14.4 Å². The van der Waals surface area contributed by atoms with Crippen LogP contribution < -0.4 is 10.6 Å². The van der Waals surface area contributed by atoms with Crippen LogP contribution in [0.1, 0.15) is 166 Å². The fraction of sp³-hybridized carbons (Fsp3) is 0.424. The third-order valence-corrected chi connectivity index (χ3v) is 16.6. The molecule has 4 atom stereocenters. The lowest BCUT2D eigenvalue weighted by Gasteiger charge is -2.43. The molecule has 5 aromatic carbocycles. The Labute approximate surface area is 450 Å². The van der Waals surface area contributed by atoms with Gasteiger partial charge in [0.15, 0.2) is 0 Å². The Morgan fingerprint density at radius 2 is 1.26 bits per heavy atom. The molecule has 0 radical (unpaired) electrons. The normalized spacial score (nSPS) is 19.6. The smallest absolute Gasteiger partial charge is 0.257 e. The molecule has 0 spiro atoms. The van der Waals surface area contributed by atoms with Crippen molar-refractivity contribution in [3.8, 4) is 16.8 Å². The van der Waals surface area contributed by atoms with E-state index in [1.54, 1.807) is 24.0 Å². The molecule has 3 fully saturated rings. The molecule has 4 amide bonds. The first kappa shape index (κ1) is 54.0. The van der Waals surface area contributed by atoms with Gasteiger partial charge in [-0.1, -0.05) is 134 Å². The van der Waals surface area contributed by atoms with E-state index in [1.165, 1.54) is 25.3 Å². The van der Waals surface area contributed by atoms with Crippen LogP contribution in [-0.4, -0.2) is 57.1 Å². The number of nitrogens with zero attached hydrogens (tertiary/aromatic N) is 3. The number of piperidine rings is 2. The molecule has 3 aliphatic rings. The van der Waals surface area contributed by atoms with Gasteiger partial charge in [-0.15, -0.1) is 0 Å². The van der Waals surface area contributed by atoms with E-state index in [1.807, 2.05) is 84.1 Å². The monoisotopic (exact) mass is 1020 g/mol. The number of benzene rings is 5. The molecule has 2 N–H and O–H groups in total. The third kappa shape index (κ3) is 11.9. The maximum absolute atomic E-state index is 15.6. The first-order valence-corrected chi connectivity index (χ1v) is 27.8. The highest BCUT2D eigenvalue weighted by Gasteiger charge is 2.42. The van der Waals surface area contributed by atoms with Crippen LogP contribution in [0.2, 0.25) is 0 Å². The van der Waals surface area contributed by atoms with E-state index in [2.05, 4.69) is 94.8 Å². The van der Waals surface area contributed by atoms with Gasteiger partial charge in [0.05, 0.1) is 23.4 Å². The Kier molecular flexibility index (Phi) is 15.9. The topological polar surface area (TPSA) is 104 Å². The maximum Gasteiger partial charge on any atom is 0.257 e. The second kappa shape index (κ2) is 22.4. The van der Waals surface area contributed by atoms with Gasteiger partial charge in [-0.25, -0.2) is 4.39 Å². The minimum Gasteiger partial charge on any atom is -0.335 e. The second-order valence-electron chi connectivity index (χ2n) is 24.3. The van der Waals surface area contributed by atoms with Crippen LogP contribution in [0.4, 0.5) is 15.8 Å². The SMILES string of the molecule is Cc1ccc(C(=O)N2CCC[C@H](C(=O)Nc3cc(-c4ccn(-c5cccc([C@H]6[C@@H](C(=O)Nc7cccc(C(C)(C)C)c7)CCCN6C(=O)c6c(C)cccc6F)c5)c4)cc(C(C)(C)C)c3)[C@@H]2CC2CCCCC2)c(C)c1. The lowest BCUT2D eigenvalue weighted by atomic mass is 9.78. The van der Waals surface area contributed by atoms with E-state index in [4.69, 9.17) is 0 Å². The minimum absolute atomic E-state index is 0.0215. The molecule has 76 heavy (non-hydrogen) atoms. The van der Waals surface area contributed by atoms with Crippen molar-refractivity contribution >= 4 is 35.0 Å². The van der Waals surface area contributed by atoms with Crippen LogP contribution in [0, 0.1) is 44.3 Å². The summed E-state index contributed by atoms with van der Waals surface area (Å²) in [6.45, 7) is 19.7. The van der Waals surface area contributed by atoms with Gasteiger partial charge >= 0.3 is 0 Å². The molecule has 6 aromatic rings. The second-order valence-corrected chi connectivity index (χ2v) is 24.3. The Balaban J connectivity index is 1.02. The number of anilines is 2. The summed E-state index contributed by atoms with van der Waals surface area (Å²) in [6.07, 6.45) is 13.4. The zero-order chi connectivity index (χ0) is 54.1. The van der Waals surface area contributed by atoms with Crippen LogP contribution in [-0.2, 0) is 20.4 Å². The van der Waals surface area contributed by atoms with Crippen molar-refractivity contribution < 1.29 is 23.6 Å². The highest BCUT2D eigenvalue weighted by molar-refractivity contribution is 5.99. The number of carbonyl (C=O) groups is 4. The molecule has 9 rings (SSSR count). The van der Waals surface area contributed by atoms with E-state index in [0.29, 0.717) is 48.7 Å². The highest BCUT2D eigenvalue weighted by atomic mass is 19.1. The van der Waals surface area contributed by atoms with Gasteiger partial charge in [0.25, 0.3) is 11.8 Å². The predicted octanol–water partition coefficient (Wildman–Crippen LogP) is 14.9. The zero-order valence-electron chi connectivity index (χ0n) is 46.3. The summed E-state index contributed by atoms with van der Waals surface area (Å²) in [4.78, 5) is 62.3. The molecule has 0 unspecified atom stereocenters. The summed E-state index contributed by atoms with van der Waals surface area (Å²) in [5.41, 5.74) is 10.1. The van der Waals surface area contributed by atoms with Crippen molar-refractivity contribution in [3.63, 3.8) is 0 Å². The highest BCUT2D eigenvalue weighted by Crippen LogP contribution is 2.41. The van der Waals surface area contributed by atoms with Gasteiger partial charge in [-0.05, 0) is 163 Å². The van der Waals surface area contributed by atoms with E-state index in [9.17, 15) is 19.2 Å². The molecule has 398 valence electrons. The van der Waals surface area contributed by atoms with Crippen molar-refractivity contribution in [2.45, 2.75) is 149 Å². The molecule has 3 heterocycles. The molecule has 2 saturated heterocycles. The molecular weight excluding hydrogens is 946 g/mol. The molecule has 1 saturated carbocycles. The molecule has 0 bridgehead atoms. The average molecular weight is 1020 g/mol. The van der Waals surface area contributed by atoms with Crippen molar-refractivity contribution in [2.75, 3.05) is 23.7 Å². The number of nitrogens with one attached hydrogen (secondary N) is 2. The van der Waals surface area contributed by atoms with Crippen molar-refractivity contribution in [2.24, 2.45) is 17.8 Å². The molecule has 10 heteroatoms. The number of likely N-dealkylation sites (tertiary alicyclic amines) is 2. The van der Waals surface area contributed by atoms with Crippen molar-refractivity contribution in [1.29, 1.82) is 0 Å². The van der Waals surface area contributed by atoms with E-state index in [0.717, 1.165) is 82.4 Å². The lowest BCUT2D eigenvalue weighted by molar-refractivity contribution is -0.124. The standard InChI is InChI=1S/C66H78FN5O4/c1-42-28-29-54(44(3)34-42)63(75)71-31-16-25-55(58(71)35-45-19-11-10-12-20-45)61(73)69-52-37-48(36-50(40-52)66(7,8)9)47-30-33-70(41-47)53-24-14-21-46(38-53)60-56(62(74)68-51-23-15-22-49(39-51)65(4,5)6)26-17-32-72(60)64(76)59-43(2)18-13-27-57(59)67/h13-15,18,21-24,27-30,33-34,36-41,45,55-56,58,60H,10-12,16-17,19-20,25-26,31-32,35H2,1-9H3,(H,68,74)(H,69,73)/t55-,56-,58-,60-/m0/s1. The fourth-order valence-electron chi connectivity index (χ4n) is 12.3. The lowest BCUT2D eigenvalue weighted by Crippen LogP contribution is -2.52. The first-order chi connectivity index (χ1) is 36.2. The number of amides is 4. The number of hydrogen-bond acceptors (Lipinski definition) is 4. The Hall–Kier alpha value is -6.81. The summed E-state index contributed by atoms with van der Waals surface area (Å²) < 4.78 is 17.6. The van der Waals surface area contributed by atoms with Gasteiger partial charge in [-0.3, -0.25) is 19.2 Å². The number of carbonyl (C=O) groups excluding carboxylic acids is 4. The minimum atomic E-state index is -0.681. The number of aromatic nitrogens is 1. The maximum atomic E-state index is 15.6. The number of aryl methyl sites for hydroxylation is 3. The van der Waals surface area contributed by atoms with Crippen LogP contribution in [0.5, 0.6) is 0 Å². The molecule has 9 nitrogen and oxygen atoms in total. The molecular formula is C66H78FN5O4. The first-order valence-electron chi connectivity index (χ1n) is 27.8. The van der Waals surface area contributed by atoms with Gasteiger partial charge in [0, 0.05) is 54.2 Å². The number of rotatable bonds is 11. The van der Waals surface area contributed by atoms with Crippen LogP contribution in [0.3, 0.4) is 0 Å². The number of hydrogen-bond donors (Lipinski definition) is 2. The van der Waals surface area contributed by atoms with Crippen LogP contribution in [0.25, 0.3) is 16.8 Å².